The van der Waals surface area contributed by atoms with Crippen LogP contribution in [0, 0.1) is 0 Å². The highest BCUT2D eigenvalue weighted by Crippen LogP contribution is 2.20. The van der Waals surface area contributed by atoms with E-state index in [0.717, 1.165) is 18.5 Å². The van der Waals surface area contributed by atoms with Crippen LogP contribution in [-0.2, 0) is 11.2 Å². The van der Waals surface area contributed by atoms with Gasteiger partial charge < -0.3 is 9.80 Å². The molecule has 0 radical (unpaired) electrons. The zero-order chi connectivity index (χ0) is 21.6. The molecule has 1 aromatic heterocycles. The van der Waals surface area contributed by atoms with Crippen LogP contribution in [0.15, 0.2) is 67.0 Å². The van der Waals surface area contributed by atoms with E-state index in [1.54, 1.807) is 28.0 Å². The van der Waals surface area contributed by atoms with Crippen molar-refractivity contribution >= 4 is 23.4 Å². The first-order valence-electron chi connectivity index (χ1n) is 10.5. The summed E-state index contributed by atoms with van der Waals surface area (Å²) in [7, 11) is 0. The molecule has 0 aliphatic carbocycles. The summed E-state index contributed by atoms with van der Waals surface area (Å²) in [6, 6.07) is 17.6. The molecule has 31 heavy (non-hydrogen) atoms. The predicted octanol–water partition coefficient (Wildman–Crippen LogP) is 3.83. The molecular formula is C24H25ClN4O2. The lowest BCUT2D eigenvalue weighted by Crippen LogP contribution is -2.50. The SMILES string of the molecule is O=C(CCCc1ccccc1)N1CCN(C(=O)c2cnn(-c3ccccc3Cl)c2)CC1. The molecule has 2 heterocycles. The average molecular weight is 437 g/mol. The third kappa shape index (κ3) is 5.14. The van der Waals surface area contributed by atoms with E-state index < -0.39 is 0 Å². The first kappa shape index (κ1) is 21.1. The van der Waals surface area contributed by atoms with Gasteiger partial charge >= 0.3 is 0 Å². The fourth-order valence-corrected chi connectivity index (χ4v) is 4.01. The van der Waals surface area contributed by atoms with E-state index in [9.17, 15) is 9.59 Å². The highest BCUT2D eigenvalue weighted by Gasteiger charge is 2.25. The molecule has 0 saturated carbocycles. The van der Waals surface area contributed by atoms with Gasteiger partial charge in [0.1, 0.15) is 0 Å². The third-order valence-electron chi connectivity index (χ3n) is 5.55. The van der Waals surface area contributed by atoms with Crippen molar-refractivity contribution in [1.29, 1.82) is 0 Å². The lowest BCUT2D eigenvalue weighted by Gasteiger charge is -2.34. The number of hydrogen-bond acceptors (Lipinski definition) is 3. The molecule has 1 aliphatic rings. The maximum Gasteiger partial charge on any atom is 0.257 e. The van der Waals surface area contributed by atoms with E-state index in [4.69, 9.17) is 11.6 Å². The number of piperazine rings is 1. The molecule has 2 amide bonds. The largest absolute Gasteiger partial charge is 0.339 e. The van der Waals surface area contributed by atoms with E-state index in [1.807, 2.05) is 41.3 Å². The van der Waals surface area contributed by atoms with Gasteiger partial charge in [-0.2, -0.15) is 5.10 Å². The standard InChI is InChI=1S/C24H25ClN4O2/c25-21-10-4-5-11-22(21)29-18-20(17-26-29)24(31)28-15-13-27(14-16-28)23(30)12-6-9-19-7-2-1-3-8-19/h1-5,7-8,10-11,17-18H,6,9,12-16H2. The van der Waals surface area contributed by atoms with Crippen LogP contribution in [0.2, 0.25) is 5.02 Å². The highest BCUT2D eigenvalue weighted by atomic mass is 35.5. The Morgan fingerprint density at radius 2 is 1.58 bits per heavy atom. The summed E-state index contributed by atoms with van der Waals surface area (Å²) in [4.78, 5) is 29.0. The highest BCUT2D eigenvalue weighted by molar-refractivity contribution is 6.32. The number of rotatable bonds is 6. The van der Waals surface area contributed by atoms with Gasteiger partial charge in [0.05, 0.1) is 22.5 Å². The van der Waals surface area contributed by atoms with E-state index in [1.165, 1.54) is 5.56 Å². The minimum absolute atomic E-state index is 0.0746. The number of carbonyl (C=O) groups is 2. The molecule has 4 rings (SSSR count). The first-order valence-corrected chi connectivity index (χ1v) is 10.9. The van der Waals surface area contributed by atoms with Gasteiger partial charge in [-0.1, -0.05) is 54.1 Å². The Kier molecular flexibility index (Phi) is 6.67. The van der Waals surface area contributed by atoms with Gasteiger partial charge in [-0.05, 0) is 30.5 Å². The minimum Gasteiger partial charge on any atom is -0.339 e. The summed E-state index contributed by atoms with van der Waals surface area (Å²) in [5.74, 6) is 0.0871. The van der Waals surface area contributed by atoms with Crippen molar-refractivity contribution in [3.8, 4) is 5.69 Å². The fraction of sp³-hybridized carbons (Fsp3) is 0.292. The minimum atomic E-state index is -0.0746. The van der Waals surface area contributed by atoms with E-state index >= 15 is 0 Å². The summed E-state index contributed by atoms with van der Waals surface area (Å²) < 4.78 is 1.61. The Labute approximate surface area is 187 Å². The van der Waals surface area contributed by atoms with Crippen LogP contribution in [0.5, 0.6) is 0 Å². The first-order chi connectivity index (χ1) is 15.1. The molecule has 0 atom stereocenters. The van der Waals surface area contributed by atoms with Crippen LogP contribution >= 0.6 is 11.6 Å². The van der Waals surface area contributed by atoms with Crippen LogP contribution in [0.25, 0.3) is 5.69 Å². The molecular weight excluding hydrogens is 412 g/mol. The monoisotopic (exact) mass is 436 g/mol. The van der Waals surface area contributed by atoms with Gasteiger partial charge in [0.25, 0.3) is 5.91 Å². The van der Waals surface area contributed by atoms with Crippen molar-refractivity contribution in [2.75, 3.05) is 26.2 Å². The number of halogens is 1. The second kappa shape index (κ2) is 9.79. The number of aryl methyl sites for hydroxylation is 1. The quantitative estimate of drug-likeness (QED) is 0.590. The van der Waals surface area contributed by atoms with Crippen LogP contribution in [0.1, 0.15) is 28.8 Å². The van der Waals surface area contributed by atoms with Crippen molar-refractivity contribution in [1.82, 2.24) is 19.6 Å². The Bertz CT molecular complexity index is 1040. The summed E-state index contributed by atoms with van der Waals surface area (Å²) in [6.45, 7) is 2.18. The Hall–Kier alpha value is -3.12. The number of aromatic nitrogens is 2. The molecule has 0 N–H and O–H groups in total. The van der Waals surface area contributed by atoms with Gasteiger partial charge in [-0.25, -0.2) is 4.68 Å². The zero-order valence-corrected chi connectivity index (χ0v) is 18.0. The van der Waals surface area contributed by atoms with Gasteiger partial charge in [0.2, 0.25) is 5.91 Å². The fourth-order valence-electron chi connectivity index (χ4n) is 3.79. The van der Waals surface area contributed by atoms with Gasteiger partial charge in [-0.15, -0.1) is 0 Å². The predicted molar refractivity (Wildman–Crippen MR) is 120 cm³/mol. The Balaban J connectivity index is 1.27. The van der Waals surface area contributed by atoms with Crippen LogP contribution in [0.3, 0.4) is 0 Å². The maximum absolute atomic E-state index is 12.9. The number of para-hydroxylation sites is 1. The van der Waals surface area contributed by atoms with Crippen molar-refractivity contribution in [2.45, 2.75) is 19.3 Å². The van der Waals surface area contributed by atoms with Gasteiger partial charge in [-0.3, -0.25) is 9.59 Å². The molecule has 0 bridgehead atoms. The smallest absolute Gasteiger partial charge is 0.257 e. The number of amides is 2. The van der Waals surface area contributed by atoms with Crippen molar-refractivity contribution in [2.24, 2.45) is 0 Å². The lowest BCUT2D eigenvalue weighted by molar-refractivity contribution is -0.132. The molecule has 1 aliphatic heterocycles. The van der Waals surface area contributed by atoms with E-state index in [0.29, 0.717) is 43.2 Å². The van der Waals surface area contributed by atoms with Crippen molar-refractivity contribution in [3.05, 3.63) is 83.1 Å². The van der Waals surface area contributed by atoms with Crippen LogP contribution in [0.4, 0.5) is 0 Å². The third-order valence-corrected chi connectivity index (χ3v) is 5.87. The van der Waals surface area contributed by atoms with Crippen LogP contribution in [-0.4, -0.2) is 57.6 Å². The van der Waals surface area contributed by atoms with Gasteiger partial charge in [0, 0.05) is 38.8 Å². The second-order valence-electron chi connectivity index (χ2n) is 7.64. The number of nitrogens with zero attached hydrogens (tertiary/aromatic N) is 4. The topological polar surface area (TPSA) is 58.4 Å². The molecule has 2 aromatic carbocycles. The summed E-state index contributed by atoms with van der Waals surface area (Å²) in [6.07, 6.45) is 5.54. The van der Waals surface area contributed by atoms with E-state index in [2.05, 4.69) is 17.2 Å². The molecule has 3 aromatic rings. The summed E-state index contributed by atoms with van der Waals surface area (Å²) >= 11 is 6.22. The molecule has 0 unspecified atom stereocenters. The molecule has 1 fully saturated rings. The number of carbonyl (C=O) groups excluding carboxylic acids is 2. The van der Waals surface area contributed by atoms with E-state index in [-0.39, 0.29) is 11.8 Å². The molecule has 7 heteroatoms. The lowest BCUT2D eigenvalue weighted by atomic mass is 10.1. The second-order valence-corrected chi connectivity index (χ2v) is 8.04. The van der Waals surface area contributed by atoms with Gasteiger partial charge in [0.15, 0.2) is 0 Å². The summed E-state index contributed by atoms with van der Waals surface area (Å²) in [5.41, 5.74) is 2.50. The Morgan fingerprint density at radius 1 is 0.903 bits per heavy atom. The van der Waals surface area contributed by atoms with Crippen molar-refractivity contribution in [3.63, 3.8) is 0 Å². The molecule has 0 spiro atoms. The maximum atomic E-state index is 12.9. The Morgan fingerprint density at radius 3 is 2.32 bits per heavy atom. The number of hydrogen-bond donors (Lipinski definition) is 0. The number of benzene rings is 2. The molecule has 1 saturated heterocycles. The normalized spacial score (nSPS) is 14.0. The van der Waals surface area contributed by atoms with Crippen molar-refractivity contribution < 1.29 is 9.59 Å². The summed E-state index contributed by atoms with van der Waals surface area (Å²) in [5, 5.41) is 4.86. The van der Waals surface area contributed by atoms with Crippen LogP contribution < -0.4 is 0 Å². The zero-order valence-electron chi connectivity index (χ0n) is 17.3. The molecule has 160 valence electrons. The average Bonchev–Trinajstić information content (AvgIpc) is 3.30. The molecule has 6 nitrogen and oxygen atoms in total.